The first-order valence-electron chi connectivity index (χ1n) is 8.30. The molecule has 0 aliphatic rings. The third kappa shape index (κ3) is 40.6. The number of quaternary nitrogens is 1. The molecule has 0 bridgehead atoms. The second-order valence-corrected chi connectivity index (χ2v) is 5.78. The summed E-state index contributed by atoms with van der Waals surface area (Å²) < 4.78 is 37.8. The predicted molar refractivity (Wildman–Crippen MR) is 106 cm³/mol. The number of hydrogen-bond donors (Lipinski definition) is 0. The molecule has 165 valence electrons. The topological polar surface area (TPSA) is 87.4 Å². The summed E-state index contributed by atoms with van der Waals surface area (Å²) in [7, 11) is 3.57. The zero-order valence-corrected chi connectivity index (χ0v) is 21.0. The molecule has 0 N–H and O–H groups in total. The molecule has 0 spiro atoms. The first-order chi connectivity index (χ1) is 13.0. The second-order valence-electron chi connectivity index (χ2n) is 4.24. The molecule has 0 aromatic carbocycles. The van der Waals surface area contributed by atoms with Crippen molar-refractivity contribution in [2.75, 3.05) is 47.5 Å². The van der Waals surface area contributed by atoms with Crippen LogP contribution in [0.4, 0.5) is 0 Å². The van der Waals surface area contributed by atoms with Crippen LogP contribution in [0.25, 0.3) is 0 Å². The van der Waals surface area contributed by atoms with E-state index in [0.717, 1.165) is 0 Å². The van der Waals surface area contributed by atoms with Gasteiger partial charge in [0.1, 0.15) is 0 Å². The quantitative estimate of drug-likeness (QED) is 0.219. The van der Waals surface area contributed by atoms with Crippen molar-refractivity contribution in [1.29, 1.82) is 0 Å². The van der Waals surface area contributed by atoms with Gasteiger partial charge in [0.05, 0.1) is 26.2 Å². The Kier molecular flexibility index (Phi) is 83.6. The normalized spacial score (nSPS) is 8.14. The van der Waals surface area contributed by atoms with Crippen LogP contribution in [0.2, 0.25) is 0 Å². The molecule has 0 fully saturated rings. The van der Waals surface area contributed by atoms with Gasteiger partial charge in [0.2, 0.25) is 0 Å². The van der Waals surface area contributed by atoms with E-state index < -0.39 is 8.60 Å². The Bertz CT molecular complexity index is 244. The van der Waals surface area contributed by atoms with Crippen molar-refractivity contribution in [3.05, 3.63) is 39.2 Å². The van der Waals surface area contributed by atoms with Crippen LogP contribution in [0.15, 0.2) is 0 Å². The molecule has 0 atom stereocenters. The maximum Gasteiger partial charge on any atom is 0 e. The summed E-state index contributed by atoms with van der Waals surface area (Å²) in [5.41, 5.74) is 0. The Morgan fingerprint density at radius 3 is 0.893 bits per heavy atom. The molecule has 3 radical (unpaired) electrons. The summed E-state index contributed by atoms with van der Waals surface area (Å²) >= 11 is 0. The minimum absolute atomic E-state index is 0. The van der Waals surface area contributed by atoms with Gasteiger partial charge in [-0.15, -0.1) is 0 Å². The molecule has 0 aromatic heterocycles. The predicted octanol–water partition coefficient (Wildman–Crippen LogP) is 4.56. The minimum atomic E-state index is -1.05. The van der Waals surface area contributed by atoms with E-state index in [2.05, 4.69) is 61.2 Å². The van der Waals surface area contributed by atoms with Gasteiger partial charge < -0.3 is 18.1 Å². The van der Waals surface area contributed by atoms with Crippen molar-refractivity contribution in [1.82, 2.24) is 0 Å². The Morgan fingerprint density at radius 1 is 0.679 bits per heavy atom. The summed E-state index contributed by atoms with van der Waals surface area (Å²) in [6.07, 6.45) is 6.00. The molecule has 0 unspecified atom stereocenters. The molecule has 0 saturated carbocycles. The largest absolute Gasteiger partial charge is 0 e. The molecule has 0 aromatic rings. The average molecular weight is 459 g/mol. The van der Waals surface area contributed by atoms with E-state index in [4.69, 9.17) is 14.0 Å². The average Bonchev–Trinajstić information content (AvgIpc) is 2.77. The molecular formula is C19H38CrNO6P+. The second kappa shape index (κ2) is 50.6. The fourth-order valence-electron chi connectivity index (χ4n) is 1.76. The monoisotopic (exact) mass is 459 g/mol. The molecule has 28 heavy (non-hydrogen) atoms. The molecule has 7 nitrogen and oxygen atoms in total. The third-order valence-corrected chi connectivity index (χ3v) is 4.41. The van der Waals surface area contributed by atoms with E-state index in [9.17, 15) is 0 Å². The van der Waals surface area contributed by atoms with E-state index in [1.807, 2.05) is 33.1 Å². The van der Waals surface area contributed by atoms with Crippen LogP contribution in [-0.2, 0) is 44.9 Å². The number of hydrogen-bond acceptors (Lipinski definition) is 3. The fraction of sp³-hybridized carbons (Fsp3) is 0.684. The van der Waals surface area contributed by atoms with Gasteiger partial charge in [-0.1, -0.05) is 13.8 Å². The Balaban J connectivity index is -0.0000000418. The number of nitrogens with zero attached hydrogens (tertiary/aromatic N) is 1. The van der Waals surface area contributed by atoms with E-state index in [-0.39, 0.29) is 17.4 Å². The maximum absolute atomic E-state index is 7.50. The van der Waals surface area contributed by atoms with Gasteiger partial charge in [0.25, 0.3) is 0 Å². The Hall–Kier alpha value is 0.0225. The number of rotatable bonds is 9. The van der Waals surface area contributed by atoms with Gasteiger partial charge in [-0.05, 0) is 47.0 Å². The van der Waals surface area contributed by atoms with Crippen LogP contribution < -0.4 is 0 Å². The van der Waals surface area contributed by atoms with Gasteiger partial charge in [-0.2, -0.15) is 0 Å². The van der Waals surface area contributed by atoms with Crippen LogP contribution in [0, 0.1) is 39.2 Å². The molecule has 9 heteroatoms. The zero-order valence-electron chi connectivity index (χ0n) is 18.8. The van der Waals surface area contributed by atoms with Crippen LogP contribution in [0.5, 0.6) is 0 Å². The van der Waals surface area contributed by atoms with Crippen LogP contribution in [0.3, 0.4) is 0 Å². The minimum Gasteiger partial charge on any atom is 0 e. The summed E-state index contributed by atoms with van der Waals surface area (Å²) in [4.78, 5) is 0. The van der Waals surface area contributed by atoms with Crippen molar-refractivity contribution in [2.45, 2.75) is 41.5 Å². The van der Waals surface area contributed by atoms with Crippen molar-refractivity contribution in [3.8, 4) is 0 Å². The molecule has 0 amide bonds. The van der Waals surface area contributed by atoms with Gasteiger partial charge in [-0.3, -0.25) is 0 Å². The van der Waals surface area contributed by atoms with Crippen LogP contribution in [0.1, 0.15) is 41.5 Å². The van der Waals surface area contributed by atoms with Gasteiger partial charge in [-0.25, -0.2) is 0 Å². The van der Waals surface area contributed by atoms with Gasteiger partial charge >= 0.3 is 42.5 Å². The van der Waals surface area contributed by atoms with Gasteiger partial charge in [0, 0.05) is 38.7 Å². The molecule has 0 aliphatic carbocycles. The molecule has 0 heterocycles. The van der Waals surface area contributed by atoms with Crippen molar-refractivity contribution < 1.29 is 49.4 Å². The molecule has 0 aliphatic heterocycles. The first kappa shape index (κ1) is 46.3. The number of unbranched alkanes of at least 4 members (excludes halogenated alkanes) is 2. The summed E-state index contributed by atoms with van der Waals surface area (Å²) in [6.45, 7) is 31.7. The standard InChI is InChI=1S/C8H20N.C5H9.C3H9O3P.3CO.Cr/c1-5-9(6-2,7-3)8-4;1-3-5-4-2;1-4-7(5-2)6-3;3*1-2;/h5-8H2,1-4H3;3-5H,1-2H3;1-3H3;;;;/q+1;;;;;;. The smallest absolute Gasteiger partial charge is 0 e. The van der Waals surface area contributed by atoms with E-state index >= 15 is 0 Å². The van der Waals surface area contributed by atoms with Crippen molar-refractivity contribution >= 4 is 8.60 Å². The van der Waals surface area contributed by atoms with E-state index in [1.165, 1.54) is 30.7 Å². The van der Waals surface area contributed by atoms with Crippen molar-refractivity contribution in [3.63, 3.8) is 0 Å². The SMILES string of the molecule is CC[N+](CC)(CC)CC.COP(OC)OC.C[CH][CH][CH]C.[C-]#[O+].[C-]#[O+].[C-]#[O+].[Cr]. The summed E-state index contributed by atoms with van der Waals surface area (Å²) in [5, 5.41) is 0. The molecule has 0 saturated heterocycles. The van der Waals surface area contributed by atoms with Crippen LogP contribution >= 0.6 is 8.60 Å². The molecular weight excluding hydrogens is 421 g/mol. The molecule has 0 rings (SSSR count). The van der Waals surface area contributed by atoms with Crippen LogP contribution in [-0.4, -0.2) is 52.0 Å². The maximum atomic E-state index is 7.50. The summed E-state index contributed by atoms with van der Waals surface area (Å²) in [6, 6.07) is 0. The third-order valence-electron chi connectivity index (χ3n) is 3.52. The first-order valence-corrected chi connectivity index (χ1v) is 9.39. The Morgan fingerprint density at radius 2 is 0.893 bits per heavy atom. The van der Waals surface area contributed by atoms with E-state index in [1.54, 1.807) is 21.3 Å². The summed E-state index contributed by atoms with van der Waals surface area (Å²) in [5.74, 6) is 0. The fourth-order valence-corrected chi connectivity index (χ4v) is 2.20. The Labute approximate surface area is 186 Å². The zero-order chi connectivity index (χ0) is 23.1. The van der Waals surface area contributed by atoms with Gasteiger partial charge in [0.15, 0.2) is 0 Å². The van der Waals surface area contributed by atoms with Crippen molar-refractivity contribution in [2.24, 2.45) is 0 Å². The van der Waals surface area contributed by atoms with E-state index in [0.29, 0.717) is 0 Å².